The molecule has 6 nitrogen and oxygen atoms in total. The molecule has 1 heterocycles. The van der Waals surface area contributed by atoms with Crippen LogP contribution in [0.25, 0.3) is 0 Å². The van der Waals surface area contributed by atoms with E-state index in [0.29, 0.717) is 4.47 Å². The number of aliphatic carboxylic acids is 1. The molecule has 1 aliphatic rings. The second kappa shape index (κ2) is 6.81. The number of amidine groups is 1. The lowest BCUT2D eigenvalue weighted by Gasteiger charge is -1.98. The van der Waals surface area contributed by atoms with E-state index in [2.05, 4.69) is 31.4 Å². The minimum absolute atomic E-state index is 0.190. The molecule has 1 aromatic rings. The zero-order valence-electron chi connectivity index (χ0n) is 10.4. The lowest BCUT2D eigenvalue weighted by atomic mass is 10.2. The van der Waals surface area contributed by atoms with Gasteiger partial charge in [0.15, 0.2) is 5.17 Å². The summed E-state index contributed by atoms with van der Waals surface area (Å²) < 4.78 is 14.0. The molecule has 0 bridgehead atoms. The molecule has 0 radical (unpaired) electrons. The molecule has 1 aromatic carbocycles. The van der Waals surface area contributed by atoms with Crippen molar-refractivity contribution in [3.05, 3.63) is 34.1 Å². The van der Waals surface area contributed by atoms with Crippen LogP contribution in [0, 0.1) is 5.82 Å². The van der Waals surface area contributed by atoms with Crippen LogP contribution in [-0.4, -0.2) is 33.6 Å². The molecule has 2 N–H and O–H groups in total. The van der Waals surface area contributed by atoms with Crippen molar-refractivity contribution < 1.29 is 19.1 Å². The van der Waals surface area contributed by atoms with E-state index in [-0.39, 0.29) is 17.2 Å². The number of nitrogens with one attached hydrogen (secondary N) is 1. The Morgan fingerprint density at radius 3 is 3.00 bits per heavy atom. The molecule has 21 heavy (non-hydrogen) atoms. The molecule has 0 spiro atoms. The van der Waals surface area contributed by atoms with Gasteiger partial charge in [0.05, 0.1) is 12.6 Å². The van der Waals surface area contributed by atoms with Gasteiger partial charge in [-0.1, -0.05) is 33.8 Å². The minimum Gasteiger partial charge on any atom is -0.481 e. The third kappa shape index (κ3) is 4.11. The van der Waals surface area contributed by atoms with Gasteiger partial charge in [-0.05, 0) is 12.1 Å². The Hall–Kier alpha value is -1.74. The van der Waals surface area contributed by atoms with Gasteiger partial charge in [0.1, 0.15) is 11.1 Å². The number of carboxylic acid groups (broad SMARTS) is 1. The maximum absolute atomic E-state index is 13.5. The number of carboxylic acids is 1. The number of amides is 1. The second-order valence-electron chi connectivity index (χ2n) is 3.98. The Morgan fingerprint density at radius 2 is 2.33 bits per heavy atom. The van der Waals surface area contributed by atoms with Crippen molar-refractivity contribution in [2.24, 2.45) is 10.2 Å². The van der Waals surface area contributed by atoms with E-state index in [1.165, 1.54) is 12.3 Å². The van der Waals surface area contributed by atoms with Gasteiger partial charge in [-0.2, -0.15) is 5.10 Å². The van der Waals surface area contributed by atoms with Crippen molar-refractivity contribution in [1.29, 1.82) is 0 Å². The summed E-state index contributed by atoms with van der Waals surface area (Å²) in [6, 6.07) is 4.49. The van der Waals surface area contributed by atoms with E-state index in [0.717, 1.165) is 11.8 Å². The zero-order chi connectivity index (χ0) is 15.4. The maximum Gasteiger partial charge on any atom is 0.305 e. The summed E-state index contributed by atoms with van der Waals surface area (Å²) >= 11 is 4.17. The Morgan fingerprint density at radius 1 is 1.57 bits per heavy atom. The second-order valence-corrected chi connectivity index (χ2v) is 6.02. The lowest BCUT2D eigenvalue weighted by molar-refractivity contribution is -0.138. The fourth-order valence-electron chi connectivity index (χ4n) is 1.52. The number of carbonyl (C=O) groups is 2. The number of nitrogens with zero attached hydrogens (tertiary/aromatic N) is 2. The molecule has 1 amide bonds. The highest BCUT2D eigenvalue weighted by Crippen LogP contribution is 2.22. The molecule has 1 unspecified atom stereocenters. The molecule has 2 rings (SSSR count). The van der Waals surface area contributed by atoms with Crippen LogP contribution >= 0.6 is 27.7 Å². The molecule has 1 saturated heterocycles. The first-order chi connectivity index (χ1) is 9.97. The smallest absolute Gasteiger partial charge is 0.305 e. The first-order valence-corrected chi connectivity index (χ1v) is 7.39. The number of hydrogen-bond donors (Lipinski definition) is 2. The Kier molecular flexibility index (Phi) is 5.07. The normalized spacial score (nSPS) is 20.2. The van der Waals surface area contributed by atoms with Crippen molar-refractivity contribution >= 4 is 51.0 Å². The first-order valence-electron chi connectivity index (χ1n) is 5.71. The van der Waals surface area contributed by atoms with Crippen LogP contribution in [-0.2, 0) is 9.59 Å². The monoisotopic (exact) mass is 373 g/mol. The third-order valence-corrected chi connectivity index (χ3v) is 4.24. The number of thioether (sulfide) groups is 1. The number of rotatable bonds is 4. The van der Waals surface area contributed by atoms with Crippen LogP contribution in [0.3, 0.4) is 0 Å². The van der Waals surface area contributed by atoms with Gasteiger partial charge >= 0.3 is 5.97 Å². The largest absolute Gasteiger partial charge is 0.481 e. The quantitative estimate of drug-likeness (QED) is 0.623. The molecule has 1 fully saturated rings. The Balaban J connectivity index is 2.07. The van der Waals surface area contributed by atoms with Gasteiger partial charge in [0, 0.05) is 10.0 Å². The van der Waals surface area contributed by atoms with Crippen molar-refractivity contribution in [1.82, 2.24) is 5.32 Å². The SMILES string of the molecule is O=C(O)CC1SC(=NN=Cc2c(F)cccc2Br)NC1=O. The van der Waals surface area contributed by atoms with E-state index < -0.39 is 22.9 Å². The molecule has 1 aliphatic heterocycles. The van der Waals surface area contributed by atoms with Crippen LogP contribution in [0.5, 0.6) is 0 Å². The van der Waals surface area contributed by atoms with Crippen LogP contribution in [0.2, 0.25) is 0 Å². The molecular formula is C12H9BrFN3O3S. The zero-order valence-corrected chi connectivity index (χ0v) is 12.8. The van der Waals surface area contributed by atoms with Gasteiger partial charge in [0.2, 0.25) is 5.91 Å². The molecule has 0 aliphatic carbocycles. The first kappa shape index (κ1) is 15.6. The van der Waals surface area contributed by atoms with Gasteiger partial charge in [-0.25, -0.2) is 4.39 Å². The average Bonchev–Trinajstić information content (AvgIpc) is 2.73. The fourth-order valence-corrected chi connectivity index (χ4v) is 2.88. The van der Waals surface area contributed by atoms with Crippen molar-refractivity contribution in [3.63, 3.8) is 0 Å². The Bertz CT molecular complexity index is 630. The Labute approximate surface area is 131 Å². The summed E-state index contributed by atoms with van der Waals surface area (Å²) in [5, 5.41) is 18.0. The van der Waals surface area contributed by atoms with Crippen LogP contribution in [0.1, 0.15) is 12.0 Å². The molecule has 1 atom stereocenters. The van der Waals surface area contributed by atoms with E-state index in [1.54, 1.807) is 12.1 Å². The van der Waals surface area contributed by atoms with E-state index in [4.69, 9.17) is 5.11 Å². The van der Waals surface area contributed by atoms with Crippen molar-refractivity contribution in [3.8, 4) is 0 Å². The van der Waals surface area contributed by atoms with E-state index in [1.807, 2.05) is 0 Å². The summed E-state index contributed by atoms with van der Waals surface area (Å²) in [7, 11) is 0. The summed E-state index contributed by atoms with van der Waals surface area (Å²) in [4.78, 5) is 22.0. The maximum atomic E-state index is 13.5. The van der Waals surface area contributed by atoms with Crippen LogP contribution < -0.4 is 5.32 Å². The van der Waals surface area contributed by atoms with Crippen molar-refractivity contribution in [2.45, 2.75) is 11.7 Å². The summed E-state index contributed by atoms with van der Waals surface area (Å²) in [5.74, 6) is -1.95. The minimum atomic E-state index is -1.07. The van der Waals surface area contributed by atoms with Gasteiger partial charge in [-0.15, -0.1) is 5.10 Å². The summed E-state index contributed by atoms with van der Waals surface area (Å²) in [6.45, 7) is 0. The standard InChI is InChI=1S/C12H9BrFN3O3S/c13-7-2-1-3-8(14)6(7)5-15-17-12-16-11(20)9(21-12)4-10(18)19/h1-3,5,9H,4H2,(H,18,19)(H,16,17,20). The third-order valence-electron chi connectivity index (χ3n) is 2.47. The summed E-state index contributed by atoms with van der Waals surface area (Å²) in [5.41, 5.74) is 0.234. The van der Waals surface area contributed by atoms with Crippen LogP contribution in [0.15, 0.2) is 32.9 Å². The molecule has 9 heteroatoms. The predicted octanol–water partition coefficient (Wildman–Crippen LogP) is 1.98. The predicted molar refractivity (Wildman–Crippen MR) is 80.9 cm³/mol. The average molecular weight is 374 g/mol. The molecule has 110 valence electrons. The van der Waals surface area contributed by atoms with E-state index >= 15 is 0 Å². The molecule has 0 aromatic heterocycles. The summed E-state index contributed by atoms with van der Waals surface area (Å²) in [6.07, 6.45) is 0.918. The van der Waals surface area contributed by atoms with Gasteiger partial charge in [0.25, 0.3) is 0 Å². The highest BCUT2D eigenvalue weighted by molar-refractivity contribution is 9.10. The fraction of sp³-hybridized carbons (Fsp3) is 0.167. The van der Waals surface area contributed by atoms with Gasteiger partial charge < -0.3 is 10.4 Å². The molecule has 0 saturated carbocycles. The lowest BCUT2D eigenvalue weighted by Crippen LogP contribution is -2.26. The van der Waals surface area contributed by atoms with Gasteiger partial charge in [-0.3, -0.25) is 9.59 Å². The van der Waals surface area contributed by atoms with Crippen LogP contribution in [0.4, 0.5) is 4.39 Å². The van der Waals surface area contributed by atoms with E-state index in [9.17, 15) is 14.0 Å². The van der Waals surface area contributed by atoms with Crippen molar-refractivity contribution in [2.75, 3.05) is 0 Å². The number of carbonyl (C=O) groups excluding carboxylic acids is 1. The number of halogens is 2. The number of benzene rings is 1. The topological polar surface area (TPSA) is 91.1 Å². The highest BCUT2D eigenvalue weighted by atomic mass is 79.9. The highest BCUT2D eigenvalue weighted by Gasteiger charge is 2.32. The molecular weight excluding hydrogens is 365 g/mol. The number of hydrogen-bond acceptors (Lipinski definition) is 5.